The topological polar surface area (TPSA) is 81.9 Å². The first-order valence-electron chi connectivity index (χ1n) is 4.61. The van der Waals surface area contributed by atoms with Gasteiger partial charge in [0.05, 0.1) is 6.54 Å². The van der Waals surface area contributed by atoms with Gasteiger partial charge in [0, 0.05) is 7.05 Å². The molecule has 2 rings (SSSR count). The molecule has 2 heterocycles. The molecule has 0 bridgehead atoms. The zero-order valence-corrected chi connectivity index (χ0v) is 8.69. The van der Waals surface area contributed by atoms with E-state index < -0.39 is 0 Å². The Hall–Kier alpha value is -1.98. The van der Waals surface area contributed by atoms with Crippen LogP contribution < -0.4 is 11.1 Å². The molecular weight excluding hydrogens is 194 g/mol. The minimum absolute atomic E-state index is 0.383. The Kier molecular flexibility index (Phi) is 2.32. The van der Waals surface area contributed by atoms with Crippen molar-refractivity contribution in [3.05, 3.63) is 23.7 Å². The van der Waals surface area contributed by atoms with E-state index in [1.165, 1.54) is 0 Å². The molecule has 0 amide bonds. The molecule has 80 valence electrons. The van der Waals surface area contributed by atoms with Crippen molar-refractivity contribution in [1.82, 2.24) is 14.8 Å². The monoisotopic (exact) mass is 207 g/mol. The van der Waals surface area contributed by atoms with Crippen molar-refractivity contribution in [3.63, 3.8) is 0 Å². The summed E-state index contributed by atoms with van der Waals surface area (Å²) in [5.41, 5.74) is 5.54. The lowest BCUT2D eigenvalue weighted by Gasteiger charge is -2.02. The van der Waals surface area contributed by atoms with E-state index in [1.807, 2.05) is 19.1 Å². The first kappa shape index (κ1) is 9.57. The zero-order chi connectivity index (χ0) is 10.8. The minimum Gasteiger partial charge on any atom is -0.465 e. The van der Waals surface area contributed by atoms with Crippen LogP contribution in [0.5, 0.6) is 0 Å². The number of hydrogen-bond acceptors (Lipinski definition) is 5. The predicted octanol–water partition coefficient (Wildman–Crippen LogP) is 0.911. The molecule has 0 aliphatic carbocycles. The lowest BCUT2D eigenvalue weighted by Crippen LogP contribution is -2.05. The van der Waals surface area contributed by atoms with Gasteiger partial charge in [-0.15, -0.1) is 10.2 Å². The van der Waals surface area contributed by atoms with Crippen LogP contribution in [0.25, 0.3) is 0 Å². The second kappa shape index (κ2) is 3.64. The van der Waals surface area contributed by atoms with Crippen LogP contribution in [0.3, 0.4) is 0 Å². The van der Waals surface area contributed by atoms with Crippen molar-refractivity contribution < 1.29 is 4.42 Å². The van der Waals surface area contributed by atoms with Gasteiger partial charge in [-0.2, -0.15) is 0 Å². The fraction of sp³-hybridized carbons (Fsp3) is 0.333. The average molecular weight is 207 g/mol. The fourth-order valence-electron chi connectivity index (χ4n) is 1.24. The molecule has 0 fully saturated rings. The quantitative estimate of drug-likeness (QED) is 0.781. The molecule has 2 aromatic heterocycles. The summed E-state index contributed by atoms with van der Waals surface area (Å²) >= 11 is 0. The van der Waals surface area contributed by atoms with Crippen LogP contribution in [-0.4, -0.2) is 14.8 Å². The van der Waals surface area contributed by atoms with Gasteiger partial charge in [-0.05, 0) is 19.1 Å². The largest absolute Gasteiger partial charge is 0.465 e. The first-order chi connectivity index (χ1) is 7.16. The SMILES string of the molecule is Cc1ccc(CNc2nnc(N)n2C)o1. The normalized spacial score (nSPS) is 10.5. The molecule has 6 heteroatoms. The van der Waals surface area contributed by atoms with E-state index >= 15 is 0 Å². The Labute approximate surface area is 87.1 Å². The summed E-state index contributed by atoms with van der Waals surface area (Å²) in [4.78, 5) is 0. The molecule has 0 radical (unpaired) electrons. The summed E-state index contributed by atoms with van der Waals surface area (Å²) in [5.74, 6) is 2.76. The number of nitrogens with zero attached hydrogens (tertiary/aromatic N) is 3. The number of hydrogen-bond donors (Lipinski definition) is 2. The van der Waals surface area contributed by atoms with Crippen LogP contribution in [0.15, 0.2) is 16.5 Å². The summed E-state index contributed by atoms with van der Waals surface area (Å²) in [7, 11) is 1.80. The fourth-order valence-corrected chi connectivity index (χ4v) is 1.24. The minimum atomic E-state index is 0.383. The Morgan fingerprint density at radius 3 is 2.80 bits per heavy atom. The van der Waals surface area contributed by atoms with Crippen molar-refractivity contribution >= 4 is 11.9 Å². The molecule has 3 N–H and O–H groups in total. The average Bonchev–Trinajstić information content (AvgIpc) is 2.74. The maximum atomic E-state index is 5.54. The van der Waals surface area contributed by atoms with Crippen LogP contribution in [-0.2, 0) is 13.6 Å². The van der Waals surface area contributed by atoms with E-state index in [2.05, 4.69) is 15.5 Å². The molecule has 0 unspecified atom stereocenters. The molecule has 15 heavy (non-hydrogen) atoms. The lowest BCUT2D eigenvalue weighted by atomic mass is 10.4. The van der Waals surface area contributed by atoms with Crippen LogP contribution in [0.4, 0.5) is 11.9 Å². The highest BCUT2D eigenvalue weighted by Gasteiger charge is 2.05. The summed E-state index contributed by atoms with van der Waals surface area (Å²) in [6, 6.07) is 3.84. The maximum Gasteiger partial charge on any atom is 0.226 e. The standard InChI is InChI=1S/C9H13N5O/c1-6-3-4-7(15-6)5-11-9-13-12-8(10)14(9)2/h3-4H,5H2,1-2H3,(H2,10,12)(H,11,13). The molecule has 0 aliphatic rings. The molecular formula is C9H13N5O. The van der Waals surface area contributed by atoms with Crippen molar-refractivity contribution in [1.29, 1.82) is 0 Å². The number of anilines is 2. The summed E-state index contributed by atoms with van der Waals surface area (Å²) < 4.78 is 7.08. The third-order valence-corrected chi connectivity index (χ3v) is 2.13. The van der Waals surface area contributed by atoms with Crippen molar-refractivity contribution in [2.45, 2.75) is 13.5 Å². The number of aromatic nitrogens is 3. The smallest absolute Gasteiger partial charge is 0.226 e. The molecule has 6 nitrogen and oxygen atoms in total. The van der Waals surface area contributed by atoms with E-state index in [0.29, 0.717) is 18.4 Å². The van der Waals surface area contributed by atoms with Crippen molar-refractivity contribution in [3.8, 4) is 0 Å². The Bertz CT molecular complexity index is 459. The molecule has 0 atom stereocenters. The zero-order valence-electron chi connectivity index (χ0n) is 8.69. The summed E-state index contributed by atoms with van der Waals surface area (Å²) in [6.45, 7) is 2.48. The Morgan fingerprint density at radius 2 is 2.27 bits per heavy atom. The van der Waals surface area contributed by atoms with E-state index in [4.69, 9.17) is 10.2 Å². The van der Waals surface area contributed by atoms with Crippen molar-refractivity contribution in [2.75, 3.05) is 11.1 Å². The summed E-state index contributed by atoms with van der Waals surface area (Å²) in [6.07, 6.45) is 0. The molecule has 0 aromatic carbocycles. The van der Waals surface area contributed by atoms with Gasteiger partial charge in [-0.3, -0.25) is 4.57 Å². The highest BCUT2D eigenvalue weighted by Crippen LogP contribution is 2.10. The summed E-state index contributed by atoms with van der Waals surface area (Å²) in [5, 5.41) is 10.7. The number of furan rings is 1. The molecule has 0 saturated carbocycles. The van der Waals surface area contributed by atoms with E-state index in [-0.39, 0.29) is 0 Å². The molecule has 0 spiro atoms. The predicted molar refractivity (Wildman–Crippen MR) is 56.2 cm³/mol. The van der Waals surface area contributed by atoms with Gasteiger partial charge in [-0.1, -0.05) is 0 Å². The first-order valence-corrected chi connectivity index (χ1v) is 4.61. The number of nitrogen functional groups attached to an aromatic ring is 1. The van der Waals surface area contributed by atoms with Crippen molar-refractivity contribution in [2.24, 2.45) is 7.05 Å². The lowest BCUT2D eigenvalue weighted by molar-refractivity contribution is 0.490. The molecule has 0 saturated heterocycles. The third-order valence-electron chi connectivity index (χ3n) is 2.13. The van der Waals surface area contributed by atoms with Gasteiger partial charge in [0.25, 0.3) is 0 Å². The van der Waals surface area contributed by atoms with E-state index in [9.17, 15) is 0 Å². The highest BCUT2D eigenvalue weighted by molar-refractivity contribution is 5.33. The third kappa shape index (κ3) is 1.93. The molecule has 0 aliphatic heterocycles. The molecule has 2 aromatic rings. The van der Waals surface area contributed by atoms with Gasteiger partial charge in [0.15, 0.2) is 0 Å². The maximum absolute atomic E-state index is 5.54. The van der Waals surface area contributed by atoms with Crippen LogP contribution in [0.1, 0.15) is 11.5 Å². The van der Waals surface area contributed by atoms with Gasteiger partial charge < -0.3 is 15.5 Å². The van der Waals surface area contributed by atoms with Crippen LogP contribution >= 0.6 is 0 Å². The number of rotatable bonds is 3. The van der Waals surface area contributed by atoms with Crippen LogP contribution in [0.2, 0.25) is 0 Å². The van der Waals surface area contributed by atoms with E-state index in [1.54, 1.807) is 11.6 Å². The van der Waals surface area contributed by atoms with Gasteiger partial charge in [0.1, 0.15) is 11.5 Å². The van der Waals surface area contributed by atoms with Crippen LogP contribution in [0, 0.1) is 6.92 Å². The van der Waals surface area contributed by atoms with Gasteiger partial charge in [0.2, 0.25) is 11.9 Å². The highest BCUT2D eigenvalue weighted by atomic mass is 16.3. The Morgan fingerprint density at radius 1 is 1.47 bits per heavy atom. The number of nitrogens with two attached hydrogens (primary N) is 1. The Balaban J connectivity index is 2.02. The number of aryl methyl sites for hydroxylation is 1. The van der Waals surface area contributed by atoms with Gasteiger partial charge in [-0.25, -0.2) is 0 Å². The van der Waals surface area contributed by atoms with Gasteiger partial charge >= 0.3 is 0 Å². The second-order valence-electron chi connectivity index (χ2n) is 3.31. The number of nitrogens with one attached hydrogen (secondary N) is 1. The second-order valence-corrected chi connectivity index (χ2v) is 3.31. The van der Waals surface area contributed by atoms with E-state index in [0.717, 1.165) is 11.5 Å².